The minimum atomic E-state index is -0.848. The van der Waals surface area contributed by atoms with Crippen LogP contribution in [0.1, 0.15) is 11.1 Å². The van der Waals surface area contributed by atoms with Gasteiger partial charge in [0.1, 0.15) is 0 Å². The fourth-order valence-electron chi connectivity index (χ4n) is 1.67. The van der Waals surface area contributed by atoms with Crippen LogP contribution in [0.3, 0.4) is 0 Å². The van der Waals surface area contributed by atoms with E-state index < -0.39 is 11.8 Å². The molecule has 6 nitrogen and oxygen atoms in total. The molecule has 2 N–H and O–H groups in total. The maximum absolute atomic E-state index is 11.8. The zero-order chi connectivity index (χ0) is 15.9. The largest absolute Gasteiger partial charge is 0.318 e. The van der Waals surface area contributed by atoms with Gasteiger partial charge in [0.2, 0.25) is 0 Å². The number of hydrogen-bond donors (Lipinski definition) is 2. The molecule has 0 saturated carbocycles. The van der Waals surface area contributed by atoms with Crippen molar-refractivity contribution in [2.45, 2.75) is 0 Å². The molecule has 0 bridgehead atoms. The fourth-order valence-corrected chi connectivity index (χ4v) is 1.67. The van der Waals surface area contributed by atoms with E-state index in [4.69, 9.17) is 10.5 Å². The Kier molecular flexibility index (Phi) is 4.49. The van der Waals surface area contributed by atoms with Crippen molar-refractivity contribution in [3.05, 3.63) is 59.7 Å². The van der Waals surface area contributed by atoms with Crippen molar-refractivity contribution in [3.63, 3.8) is 0 Å². The number of nitrogens with zero attached hydrogens (tertiary/aromatic N) is 2. The molecule has 2 amide bonds. The first kappa shape index (κ1) is 14.8. The molecule has 6 heteroatoms. The molecule has 22 heavy (non-hydrogen) atoms. The summed E-state index contributed by atoms with van der Waals surface area (Å²) in [6.45, 7) is 0. The molecule has 0 radical (unpaired) electrons. The van der Waals surface area contributed by atoms with Crippen LogP contribution in [0, 0.1) is 22.7 Å². The number of nitrogens with one attached hydrogen (secondary N) is 2. The van der Waals surface area contributed by atoms with E-state index >= 15 is 0 Å². The predicted molar refractivity (Wildman–Crippen MR) is 79.6 cm³/mol. The van der Waals surface area contributed by atoms with Crippen molar-refractivity contribution < 1.29 is 9.59 Å². The summed E-state index contributed by atoms with van der Waals surface area (Å²) in [5.41, 5.74) is 1.60. The van der Waals surface area contributed by atoms with Crippen molar-refractivity contribution in [2.75, 3.05) is 10.6 Å². The van der Waals surface area contributed by atoms with Crippen LogP contribution in [0.4, 0.5) is 11.4 Å². The van der Waals surface area contributed by atoms with Gasteiger partial charge in [-0.25, -0.2) is 0 Å². The lowest BCUT2D eigenvalue weighted by Gasteiger charge is -2.06. The second kappa shape index (κ2) is 6.69. The summed E-state index contributed by atoms with van der Waals surface area (Å²) in [5.74, 6) is -1.69. The lowest BCUT2D eigenvalue weighted by Crippen LogP contribution is -2.29. The Hall–Kier alpha value is -3.64. The molecular weight excluding hydrogens is 280 g/mol. The molecule has 0 fully saturated rings. The zero-order valence-corrected chi connectivity index (χ0v) is 11.3. The monoisotopic (exact) mass is 290 g/mol. The van der Waals surface area contributed by atoms with E-state index in [1.54, 1.807) is 18.2 Å². The first-order valence-electron chi connectivity index (χ1n) is 6.25. The maximum Gasteiger partial charge on any atom is 0.314 e. The average Bonchev–Trinajstić information content (AvgIpc) is 2.55. The molecular formula is C16H10N4O2. The van der Waals surface area contributed by atoms with E-state index in [0.29, 0.717) is 22.5 Å². The van der Waals surface area contributed by atoms with E-state index in [2.05, 4.69) is 10.6 Å². The third kappa shape index (κ3) is 3.69. The Labute approximate surface area is 126 Å². The molecule has 2 aromatic carbocycles. The average molecular weight is 290 g/mol. The van der Waals surface area contributed by atoms with Crippen LogP contribution in [0.25, 0.3) is 0 Å². The number of rotatable bonds is 2. The zero-order valence-electron chi connectivity index (χ0n) is 11.3. The van der Waals surface area contributed by atoms with Gasteiger partial charge in [-0.15, -0.1) is 0 Å². The van der Waals surface area contributed by atoms with Crippen molar-refractivity contribution in [3.8, 4) is 12.1 Å². The predicted octanol–water partition coefficient (Wildman–Crippen LogP) is 2.01. The highest BCUT2D eigenvalue weighted by atomic mass is 16.2. The van der Waals surface area contributed by atoms with Gasteiger partial charge in [-0.3, -0.25) is 9.59 Å². The SMILES string of the molecule is N#Cc1ccc(NC(=O)C(=O)Nc2cccc(C#N)c2)cc1. The summed E-state index contributed by atoms with van der Waals surface area (Å²) in [7, 11) is 0. The molecule has 0 aliphatic rings. The Morgan fingerprint density at radius 1 is 0.773 bits per heavy atom. The fraction of sp³-hybridized carbons (Fsp3) is 0. The van der Waals surface area contributed by atoms with Crippen LogP contribution in [-0.2, 0) is 9.59 Å². The molecule has 0 aliphatic carbocycles. The van der Waals surface area contributed by atoms with Gasteiger partial charge < -0.3 is 10.6 Å². The molecule has 2 aromatic rings. The minimum absolute atomic E-state index is 0.360. The van der Waals surface area contributed by atoms with Crippen molar-refractivity contribution >= 4 is 23.2 Å². The van der Waals surface area contributed by atoms with E-state index in [0.717, 1.165) is 0 Å². The number of benzene rings is 2. The first-order chi connectivity index (χ1) is 10.6. The summed E-state index contributed by atoms with van der Waals surface area (Å²) in [4.78, 5) is 23.6. The Bertz CT molecular complexity index is 798. The molecule has 106 valence electrons. The minimum Gasteiger partial charge on any atom is -0.318 e. The summed E-state index contributed by atoms with van der Waals surface area (Å²) < 4.78 is 0. The van der Waals surface area contributed by atoms with Crippen LogP contribution >= 0.6 is 0 Å². The molecule has 0 unspecified atom stereocenters. The van der Waals surface area contributed by atoms with Crippen LogP contribution in [0.15, 0.2) is 48.5 Å². The summed E-state index contributed by atoms with van der Waals surface area (Å²) in [6.07, 6.45) is 0. The lowest BCUT2D eigenvalue weighted by atomic mass is 10.2. The maximum atomic E-state index is 11.8. The van der Waals surface area contributed by atoms with Gasteiger partial charge in [-0.05, 0) is 42.5 Å². The van der Waals surface area contributed by atoms with Gasteiger partial charge in [0, 0.05) is 11.4 Å². The van der Waals surface area contributed by atoms with Gasteiger partial charge >= 0.3 is 11.8 Å². The normalized spacial score (nSPS) is 9.18. The number of anilines is 2. The second-order valence-corrected chi connectivity index (χ2v) is 4.29. The van der Waals surface area contributed by atoms with Crippen molar-refractivity contribution in [1.29, 1.82) is 10.5 Å². The molecule has 2 rings (SSSR count). The van der Waals surface area contributed by atoms with Gasteiger partial charge in [-0.1, -0.05) is 6.07 Å². The Morgan fingerprint density at radius 2 is 1.36 bits per heavy atom. The van der Waals surface area contributed by atoms with Crippen molar-refractivity contribution in [1.82, 2.24) is 0 Å². The highest BCUT2D eigenvalue weighted by Crippen LogP contribution is 2.11. The highest BCUT2D eigenvalue weighted by Gasteiger charge is 2.14. The summed E-state index contributed by atoms with van der Waals surface area (Å²) >= 11 is 0. The van der Waals surface area contributed by atoms with E-state index in [9.17, 15) is 9.59 Å². The molecule has 0 saturated heterocycles. The summed E-state index contributed by atoms with van der Waals surface area (Å²) in [5, 5.41) is 22.3. The number of hydrogen-bond acceptors (Lipinski definition) is 4. The standard InChI is InChI=1S/C16H10N4O2/c17-9-11-4-6-13(7-5-11)19-15(21)16(22)20-14-3-1-2-12(8-14)10-18/h1-8H,(H,19,21)(H,20,22). The van der Waals surface area contributed by atoms with Gasteiger partial charge in [0.15, 0.2) is 0 Å². The molecule has 0 heterocycles. The van der Waals surface area contributed by atoms with Crippen LogP contribution < -0.4 is 10.6 Å². The Balaban J connectivity index is 2.01. The van der Waals surface area contributed by atoms with Gasteiger partial charge in [-0.2, -0.15) is 10.5 Å². The summed E-state index contributed by atoms with van der Waals surface area (Å²) in [6, 6.07) is 16.3. The quantitative estimate of drug-likeness (QED) is 0.825. The molecule has 0 aromatic heterocycles. The lowest BCUT2D eigenvalue weighted by molar-refractivity contribution is -0.132. The number of carbonyl (C=O) groups excluding carboxylic acids is 2. The second-order valence-electron chi connectivity index (χ2n) is 4.29. The number of amides is 2. The van der Waals surface area contributed by atoms with Crippen LogP contribution in [-0.4, -0.2) is 11.8 Å². The topological polar surface area (TPSA) is 106 Å². The number of carbonyl (C=O) groups is 2. The van der Waals surface area contributed by atoms with E-state index in [1.165, 1.54) is 30.3 Å². The van der Waals surface area contributed by atoms with Gasteiger partial charge in [0.05, 0.1) is 23.3 Å². The van der Waals surface area contributed by atoms with Crippen LogP contribution in [0.2, 0.25) is 0 Å². The molecule has 0 spiro atoms. The molecule has 0 atom stereocenters. The van der Waals surface area contributed by atoms with Gasteiger partial charge in [0.25, 0.3) is 0 Å². The molecule has 0 aliphatic heterocycles. The highest BCUT2D eigenvalue weighted by molar-refractivity contribution is 6.43. The number of nitriles is 2. The van der Waals surface area contributed by atoms with Crippen molar-refractivity contribution in [2.24, 2.45) is 0 Å². The third-order valence-corrected chi connectivity index (χ3v) is 2.73. The first-order valence-corrected chi connectivity index (χ1v) is 6.25. The Morgan fingerprint density at radius 3 is 1.95 bits per heavy atom. The smallest absolute Gasteiger partial charge is 0.314 e. The van der Waals surface area contributed by atoms with E-state index in [1.807, 2.05) is 12.1 Å². The van der Waals surface area contributed by atoms with Crippen LogP contribution in [0.5, 0.6) is 0 Å². The third-order valence-electron chi connectivity index (χ3n) is 2.73. The van der Waals surface area contributed by atoms with E-state index in [-0.39, 0.29) is 0 Å².